The Morgan fingerprint density at radius 2 is 2.00 bits per heavy atom. The van der Waals surface area contributed by atoms with Crippen molar-refractivity contribution in [3.63, 3.8) is 0 Å². The van der Waals surface area contributed by atoms with E-state index in [2.05, 4.69) is 5.32 Å². The Hall–Kier alpha value is -1.10. The number of carboxylic acids is 1. The van der Waals surface area contributed by atoms with E-state index in [9.17, 15) is 9.59 Å². The fourth-order valence-electron chi connectivity index (χ4n) is 0.862. The Morgan fingerprint density at radius 3 is 2.25 bits per heavy atom. The van der Waals surface area contributed by atoms with Crippen LogP contribution >= 0.6 is 0 Å². The van der Waals surface area contributed by atoms with E-state index in [-0.39, 0.29) is 12.5 Å². The normalized spacial score (nSPS) is 12.9. The molecule has 12 heavy (non-hydrogen) atoms. The van der Waals surface area contributed by atoms with Crippen molar-refractivity contribution < 1.29 is 14.7 Å². The molecule has 0 aliphatic heterocycles. The van der Waals surface area contributed by atoms with Crippen LogP contribution in [0, 0.1) is 5.92 Å². The average molecular weight is 174 g/mol. The molecule has 0 heterocycles. The quantitative estimate of drug-likeness (QED) is 0.507. The predicted molar refractivity (Wildman–Crippen MR) is 43.5 cm³/mol. The summed E-state index contributed by atoms with van der Waals surface area (Å²) in [6, 6.07) is -0.568. The van der Waals surface area contributed by atoms with Crippen LogP contribution in [0.2, 0.25) is 0 Å². The molecule has 0 aliphatic rings. The second-order valence-corrected chi connectivity index (χ2v) is 2.90. The van der Waals surface area contributed by atoms with Crippen molar-refractivity contribution in [1.82, 2.24) is 5.32 Å². The maximum atomic E-state index is 10.7. The number of carbonyl (C=O) groups is 2. The van der Waals surface area contributed by atoms with Gasteiger partial charge in [-0.25, -0.2) is 0 Å². The Kier molecular flexibility index (Phi) is 4.28. The molecule has 0 fully saturated rings. The Bertz CT molecular complexity index is 179. The van der Waals surface area contributed by atoms with Gasteiger partial charge >= 0.3 is 5.97 Å². The number of hydrogen-bond donors (Lipinski definition) is 3. The van der Waals surface area contributed by atoms with Gasteiger partial charge in [-0.3, -0.25) is 14.9 Å². The summed E-state index contributed by atoms with van der Waals surface area (Å²) in [5.41, 5.74) is 5.03. The maximum absolute atomic E-state index is 10.7. The minimum absolute atomic E-state index is 0.00171. The van der Waals surface area contributed by atoms with Crippen molar-refractivity contribution in [1.29, 1.82) is 0 Å². The van der Waals surface area contributed by atoms with Crippen molar-refractivity contribution in [3.8, 4) is 0 Å². The average Bonchev–Trinajstić information content (AvgIpc) is 1.84. The Morgan fingerprint density at radius 1 is 1.50 bits per heavy atom. The van der Waals surface area contributed by atoms with Crippen molar-refractivity contribution >= 4 is 11.9 Å². The molecule has 0 aromatic carbocycles. The molecule has 1 unspecified atom stereocenters. The van der Waals surface area contributed by atoms with Crippen molar-refractivity contribution in [2.24, 2.45) is 11.7 Å². The summed E-state index contributed by atoms with van der Waals surface area (Å²) in [4.78, 5) is 20.9. The third-order valence-electron chi connectivity index (χ3n) is 1.45. The van der Waals surface area contributed by atoms with E-state index < -0.39 is 17.9 Å². The van der Waals surface area contributed by atoms with Crippen LogP contribution in [0.25, 0.3) is 0 Å². The van der Waals surface area contributed by atoms with Crippen LogP contribution < -0.4 is 11.1 Å². The van der Waals surface area contributed by atoms with E-state index in [1.54, 1.807) is 13.8 Å². The largest absolute Gasteiger partial charge is 0.480 e. The summed E-state index contributed by atoms with van der Waals surface area (Å²) in [6.07, 6.45) is 0. The number of nitrogens with one attached hydrogen (secondary N) is 1. The van der Waals surface area contributed by atoms with E-state index in [1.807, 2.05) is 0 Å². The summed E-state index contributed by atoms with van der Waals surface area (Å²) in [5.74, 6) is -1.52. The van der Waals surface area contributed by atoms with Gasteiger partial charge in [0.15, 0.2) is 0 Å². The van der Waals surface area contributed by atoms with Gasteiger partial charge in [-0.2, -0.15) is 0 Å². The third kappa shape index (κ3) is 3.92. The third-order valence-corrected chi connectivity index (χ3v) is 1.45. The minimum Gasteiger partial charge on any atom is -0.480 e. The molecule has 70 valence electrons. The smallest absolute Gasteiger partial charge is 0.317 e. The number of aliphatic carboxylic acids is 1. The fourth-order valence-corrected chi connectivity index (χ4v) is 0.862. The van der Waals surface area contributed by atoms with E-state index in [0.717, 1.165) is 0 Å². The van der Waals surface area contributed by atoms with E-state index in [1.165, 1.54) is 0 Å². The molecular weight excluding hydrogens is 160 g/mol. The number of primary amides is 1. The standard InChI is InChI=1S/C7H14N2O3/c1-4(2)6(7(8)12)9-3-5(10)11/h4,6,9H,3H2,1-2H3,(H2,8,12)(H,10,11). The molecule has 0 aliphatic carbocycles. The highest BCUT2D eigenvalue weighted by Gasteiger charge is 2.19. The Labute approximate surface area is 70.9 Å². The van der Waals surface area contributed by atoms with Gasteiger partial charge in [-0.1, -0.05) is 13.8 Å². The SMILES string of the molecule is CC(C)C(NCC(=O)O)C(N)=O. The first-order valence-corrected chi connectivity index (χ1v) is 3.69. The number of hydrogen-bond acceptors (Lipinski definition) is 3. The zero-order valence-electron chi connectivity index (χ0n) is 7.20. The zero-order valence-corrected chi connectivity index (χ0v) is 7.20. The highest BCUT2D eigenvalue weighted by atomic mass is 16.4. The minimum atomic E-state index is -0.998. The number of rotatable bonds is 5. The van der Waals surface area contributed by atoms with E-state index in [4.69, 9.17) is 10.8 Å². The molecule has 1 amide bonds. The number of carbonyl (C=O) groups excluding carboxylic acids is 1. The topological polar surface area (TPSA) is 92.4 Å². The van der Waals surface area contributed by atoms with Crippen LogP contribution in [-0.4, -0.2) is 29.6 Å². The van der Waals surface area contributed by atoms with Crippen LogP contribution in [0.1, 0.15) is 13.8 Å². The van der Waals surface area contributed by atoms with Crippen molar-refractivity contribution in [3.05, 3.63) is 0 Å². The number of amides is 1. The summed E-state index contributed by atoms with van der Waals surface area (Å²) in [5, 5.41) is 10.9. The molecule has 0 aromatic heterocycles. The molecule has 5 heteroatoms. The second-order valence-electron chi connectivity index (χ2n) is 2.90. The van der Waals surface area contributed by atoms with Gasteiger partial charge in [0.25, 0.3) is 0 Å². The van der Waals surface area contributed by atoms with Crippen molar-refractivity contribution in [2.45, 2.75) is 19.9 Å². The first-order chi connectivity index (χ1) is 5.45. The molecule has 4 N–H and O–H groups in total. The lowest BCUT2D eigenvalue weighted by Crippen LogP contribution is -2.46. The first-order valence-electron chi connectivity index (χ1n) is 3.69. The molecule has 0 spiro atoms. The lowest BCUT2D eigenvalue weighted by molar-refractivity contribution is -0.136. The van der Waals surface area contributed by atoms with Crippen LogP contribution in [0.5, 0.6) is 0 Å². The molecule has 0 radical (unpaired) electrons. The molecular formula is C7H14N2O3. The van der Waals surface area contributed by atoms with Gasteiger partial charge in [0.2, 0.25) is 5.91 Å². The highest BCUT2D eigenvalue weighted by molar-refractivity contribution is 5.81. The van der Waals surface area contributed by atoms with Gasteiger partial charge in [0, 0.05) is 0 Å². The van der Waals surface area contributed by atoms with Gasteiger partial charge < -0.3 is 10.8 Å². The van der Waals surface area contributed by atoms with E-state index >= 15 is 0 Å². The Balaban J connectivity index is 3.97. The van der Waals surface area contributed by atoms with Crippen molar-refractivity contribution in [2.75, 3.05) is 6.54 Å². The van der Waals surface area contributed by atoms with Crippen LogP contribution in [0.3, 0.4) is 0 Å². The molecule has 5 nitrogen and oxygen atoms in total. The summed E-state index contributed by atoms with van der Waals surface area (Å²) in [6.45, 7) is 3.35. The van der Waals surface area contributed by atoms with Gasteiger partial charge in [0.1, 0.15) is 0 Å². The summed E-state index contributed by atoms with van der Waals surface area (Å²) >= 11 is 0. The van der Waals surface area contributed by atoms with Crippen LogP contribution in [0.4, 0.5) is 0 Å². The maximum Gasteiger partial charge on any atom is 0.317 e. The fraction of sp³-hybridized carbons (Fsp3) is 0.714. The predicted octanol–water partition coefficient (Wildman–Crippen LogP) is -0.829. The number of nitrogens with two attached hydrogens (primary N) is 1. The highest BCUT2D eigenvalue weighted by Crippen LogP contribution is 1.99. The van der Waals surface area contributed by atoms with E-state index in [0.29, 0.717) is 0 Å². The van der Waals surface area contributed by atoms with Crippen LogP contribution in [0.15, 0.2) is 0 Å². The van der Waals surface area contributed by atoms with Crippen LogP contribution in [-0.2, 0) is 9.59 Å². The van der Waals surface area contributed by atoms with Gasteiger partial charge in [0.05, 0.1) is 12.6 Å². The molecule has 0 saturated carbocycles. The molecule has 1 atom stereocenters. The molecule has 0 rings (SSSR count). The second kappa shape index (κ2) is 4.71. The summed E-state index contributed by atoms with van der Waals surface area (Å²) < 4.78 is 0. The lowest BCUT2D eigenvalue weighted by atomic mass is 10.0. The monoisotopic (exact) mass is 174 g/mol. The van der Waals surface area contributed by atoms with Gasteiger partial charge in [-0.05, 0) is 5.92 Å². The molecule has 0 saturated heterocycles. The molecule has 0 bridgehead atoms. The first kappa shape index (κ1) is 10.9. The zero-order chi connectivity index (χ0) is 9.72. The molecule has 0 aromatic rings. The van der Waals surface area contributed by atoms with Gasteiger partial charge in [-0.15, -0.1) is 0 Å². The summed E-state index contributed by atoms with van der Waals surface area (Å²) in [7, 11) is 0. The lowest BCUT2D eigenvalue weighted by Gasteiger charge is -2.17. The number of carboxylic acid groups (broad SMARTS) is 1.